The van der Waals surface area contributed by atoms with E-state index in [0.717, 1.165) is 25.9 Å². The van der Waals surface area contributed by atoms with Crippen LogP contribution in [0.25, 0.3) is 16.6 Å². The van der Waals surface area contributed by atoms with Crippen LogP contribution in [-0.2, 0) is 0 Å². The lowest BCUT2D eigenvalue weighted by Crippen LogP contribution is -2.29. The Bertz CT molecular complexity index is 887. The summed E-state index contributed by atoms with van der Waals surface area (Å²) in [5.74, 6) is 1.07. The first-order chi connectivity index (χ1) is 11.2. The molecule has 0 spiro atoms. The predicted molar refractivity (Wildman–Crippen MR) is 84.1 cm³/mol. The van der Waals surface area contributed by atoms with Gasteiger partial charge in [-0.2, -0.15) is 4.52 Å². The number of piperidine rings is 1. The van der Waals surface area contributed by atoms with Gasteiger partial charge in [0, 0.05) is 18.5 Å². The Kier molecular flexibility index (Phi) is 3.26. The monoisotopic (exact) mass is 316 g/mol. The van der Waals surface area contributed by atoms with E-state index in [0.29, 0.717) is 28.1 Å². The summed E-state index contributed by atoms with van der Waals surface area (Å²) in [6.45, 7) is 1.85. The lowest BCUT2D eigenvalue weighted by atomic mass is 9.99. The number of rotatable bonds is 2. The van der Waals surface area contributed by atoms with Crippen LogP contribution in [0.2, 0.25) is 0 Å². The van der Waals surface area contributed by atoms with Crippen LogP contribution in [0.15, 0.2) is 12.1 Å². The summed E-state index contributed by atoms with van der Waals surface area (Å²) < 4.78 is 20.6. The highest BCUT2D eigenvalue weighted by Gasteiger charge is 2.22. The zero-order valence-electron chi connectivity index (χ0n) is 12.7. The minimum Gasteiger partial charge on any atom is -0.494 e. The van der Waals surface area contributed by atoms with E-state index in [1.54, 1.807) is 0 Å². The van der Waals surface area contributed by atoms with Crippen LogP contribution in [0.5, 0.6) is 5.75 Å². The molecule has 1 aliphatic heterocycles. The molecule has 0 radical (unpaired) electrons. The lowest BCUT2D eigenvalue weighted by Gasteiger charge is -2.19. The van der Waals surface area contributed by atoms with Gasteiger partial charge in [-0.05, 0) is 25.5 Å². The number of benzene rings is 1. The third-order valence-electron chi connectivity index (χ3n) is 4.23. The molecule has 3 aromatic rings. The second-order valence-corrected chi connectivity index (χ2v) is 5.72. The Hall–Kier alpha value is -2.48. The first kappa shape index (κ1) is 14.1. The Balaban J connectivity index is 1.97. The fraction of sp³-hybridized carbons (Fsp3) is 0.400. The van der Waals surface area contributed by atoms with E-state index in [4.69, 9.17) is 10.5 Å². The number of anilines is 1. The van der Waals surface area contributed by atoms with E-state index >= 15 is 0 Å². The number of methoxy groups -OCH3 is 1. The molecule has 7 nitrogen and oxygen atoms in total. The zero-order chi connectivity index (χ0) is 16.0. The lowest BCUT2D eigenvalue weighted by molar-refractivity contribution is 0.415. The maximum absolute atomic E-state index is 13.9. The topological polar surface area (TPSA) is 90.4 Å². The molecule has 1 aliphatic rings. The molecule has 23 heavy (non-hydrogen) atoms. The van der Waals surface area contributed by atoms with Crippen LogP contribution in [0, 0.1) is 5.82 Å². The van der Waals surface area contributed by atoms with Crippen LogP contribution in [0.1, 0.15) is 24.6 Å². The molecule has 3 N–H and O–H groups in total. The van der Waals surface area contributed by atoms with Crippen molar-refractivity contribution in [2.45, 2.75) is 18.8 Å². The van der Waals surface area contributed by atoms with Crippen molar-refractivity contribution in [1.29, 1.82) is 0 Å². The molecule has 120 valence electrons. The summed E-state index contributed by atoms with van der Waals surface area (Å²) in [5.41, 5.74) is 7.00. The summed E-state index contributed by atoms with van der Waals surface area (Å²) >= 11 is 0. The smallest absolute Gasteiger partial charge is 0.223 e. The van der Waals surface area contributed by atoms with Crippen molar-refractivity contribution in [1.82, 2.24) is 24.9 Å². The van der Waals surface area contributed by atoms with E-state index in [1.165, 1.54) is 23.8 Å². The summed E-state index contributed by atoms with van der Waals surface area (Å²) in [6, 6.07) is 2.67. The number of fused-ring (bicyclic) bond motifs is 3. The molecule has 0 bridgehead atoms. The quantitative estimate of drug-likeness (QED) is 0.744. The Labute approximate surface area is 131 Å². The maximum Gasteiger partial charge on any atom is 0.223 e. The van der Waals surface area contributed by atoms with Crippen molar-refractivity contribution in [2.24, 2.45) is 0 Å². The van der Waals surface area contributed by atoms with E-state index in [1.807, 2.05) is 0 Å². The summed E-state index contributed by atoms with van der Waals surface area (Å²) in [7, 11) is 1.47. The first-order valence-corrected chi connectivity index (χ1v) is 7.57. The summed E-state index contributed by atoms with van der Waals surface area (Å²) in [6.07, 6.45) is 2.10. The molecule has 3 heterocycles. The summed E-state index contributed by atoms with van der Waals surface area (Å²) in [5, 5.41) is 8.37. The van der Waals surface area contributed by atoms with Crippen molar-refractivity contribution in [3.8, 4) is 5.75 Å². The minimum atomic E-state index is -0.410. The van der Waals surface area contributed by atoms with Gasteiger partial charge in [0.2, 0.25) is 5.95 Å². The van der Waals surface area contributed by atoms with Gasteiger partial charge in [0.15, 0.2) is 11.5 Å². The van der Waals surface area contributed by atoms with Crippen LogP contribution >= 0.6 is 0 Å². The SMILES string of the molecule is COc1cc(F)cc2c1nc(N)n1nc([C@@H]3CCCNC3)nc21. The third kappa shape index (κ3) is 2.26. The second kappa shape index (κ2) is 5.31. The van der Waals surface area contributed by atoms with E-state index in [9.17, 15) is 4.39 Å². The Morgan fingerprint density at radius 3 is 3.00 bits per heavy atom. The molecular weight excluding hydrogens is 299 g/mol. The average Bonchev–Trinajstić information content (AvgIpc) is 3.02. The molecule has 1 fully saturated rings. The second-order valence-electron chi connectivity index (χ2n) is 5.72. The molecule has 8 heteroatoms. The molecular formula is C15H17FN6O. The molecule has 0 aliphatic carbocycles. The van der Waals surface area contributed by atoms with Crippen molar-refractivity contribution in [2.75, 3.05) is 25.9 Å². The van der Waals surface area contributed by atoms with Crippen LogP contribution in [0.4, 0.5) is 10.3 Å². The van der Waals surface area contributed by atoms with Gasteiger partial charge < -0.3 is 15.8 Å². The standard InChI is InChI=1S/C15H17FN6O/c1-23-11-6-9(16)5-10-12(11)19-15(17)22-14(10)20-13(21-22)8-3-2-4-18-7-8/h5-6,8,18H,2-4,7H2,1H3,(H2,17,19)/t8-/m1/s1. The van der Waals surface area contributed by atoms with Gasteiger partial charge in [0.25, 0.3) is 0 Å². The van der Waals surface area contributed by atoms with Crippen LogP contribution in [0.3, 0.4) is 0 Å². The largest absolute Gasteiger partial charge is 0.494 e. The zero-order valence-corrected chi connectivity index (χ0v) is 12.7. The van der Waals surface area contributed by atoms with Crippen LogP contribution < -0.4 is 15.8 Å². The highest BCUT2D eigenvalue weighted by atomic mass is 19.1. The molecule has 2 aromatic heterocycles. The maximum atomic E-state index is 13.9. The molecule has 0 amide bonds. The first-order valence-electron chi connectivity index (χ1n) is 7.57. The van der Waals surface area contributed by atoms with Gasteiger partial charge >= 0.3 is 0 Å². The van der Waals surface area contributed by atoms with Crippen molar-refractivity contribution < 1.29 is 9.13 Å². The average molecular weight is 316 g/mol. The Morgan fingerprint density at radius 2 is 2.26 bits per heavy atom. The fourth-order valence-corrected chi connectivity index (χ4v) is 3.08. The number of nitrogens with two attached hydrogens (primary N) is 1. The number of hydrogen-bond acceptors (Lipinski definition) is 6. The highest BCUT2D eigenvalue weighted by molar-refractivity contribution is 5.95. The number of hydrogen-bond donors (Lipinski definition) is 2. The molecule has 4 rings (SSSR count). The van der Waals surface area contributed by atoms with Gasteiger partial charge in [-0.1, -0.05) is 0 Å². The minimum absolute atomic E-state index is 0.208. The van der Waals surface area contributed by atoms with Gasteiger partial charge in [0.05, 0.1) is 12.5 Å². The van der Waals surface area contributed by atoms with Gasteiger partial charge in [-0.15, -0.1) is 5.10 Å². The molecule has 0 saturated carbocycles. The van der Waals surface area contributed by atoms with Gasteiger partial charge in [0.1, 0.15) is 17.1 Å². The van der Waals surface area contributed by atoms with E-state index in [2.05, 4.69) is 20.4 Å². The molecule has 1 saturated heterocycles. The molecule has 0 unspecified atom stereocenters. The van der Waals surface area contributed by atoms with Gasteiger partial charge in [-0.25, -0.2) is 14.4 Å². The number of nitrogen functional groups attached to an aromatic ring is 1. The number of halogens is 1. The third-order valence-corrected chi connectivity index (χ3v) is 4.23. The van der Waals surface area contributed by atoms with Crippen molar-refractivity contribution in [3.63, 3.8) is 0 Å². The predicted octanol–water partition coefficient (Wildman–Crippen LogP) is 1.47. The van der Waals surface area contributed by atoms with E-state index < -0.39 is 5.82 Å². The fourth-order valence-electron chi connectivity index (χ4n) is 3.08. The van der Waals surface area contributed by atoms with E-state index in [-0.39, 0.29) is 11.9 Å². The van der Waals surface area contributed by atoms with Crippen molar-refractivity contribution in [3.05, 3.63) is 23.8 Å². The van der Waals surface area contributed by atoms with Crippen molar-refractivity contribution >= 4 is 22.5 Å². The number of aromatic nitrogens is 4. The number of nitrogens with zero attached hydrogens (tertiary/aromatic N) is 4. The van der Waals surface area contributed by atoms with Crippen LogP contribution in [-0.4, -0.2) is 39.8 Å². The molecule has 1 atom stereocenters. The Morgan fingerprint density at radius 1 is 1.39 bits per heavy atom. The number of ether oxygens (including phenoxy) is 1. The molecule has 1 aromatic carbocycles. The normalized spacial score (nSPS) is 18.6. The van der Waals surface area contributed by atoms with Gasteiger partial charge in [-0.3, -0.25) is 0 Å². The highest BCUT2D eigenvalue weighted by Crippen LogP contribution is 2.30. The number of nitrogens with one attached hydrogen (secondary N) is 1. The summed E-state index contributed by atoms with van der Waals surface area (Å²) in [4.78, 5) is 8.92.